The quantitative estimate of drug-likeness (QED) is 0.730. The van der Waals surface area contributed by atoms with Gasteiger partial charge in [-0.1, -0.05) is 6.07 Å². The summed E-state index contributed by atoms with van der Waals surface area (Å²) in [6, 6.07) is 3.73. The van der Waals surface area contributed by atoms with E-state index in [-0.39, 0.29) is 31.7 Å². The average molecular weight is 306 g/mol. The van der Waals surface area contributed by atoms with Crippen molar-refractivity contribution in [2.24, 2.45) is 5.73 Å². The number of hydrogen-bond donors (Lipinski definition) is 2. The predicted octanol–water partition coefficient (Wildman–Crippen LogP) is 1.78. The van der Waals surface area contributed by atoms with E-state index in [4.69, 9.17) is 15.6 Å². The number of rotatable bonds is 9. The second kappa shape index (κ2) is 8.86. The van der Waals surface area contributed by atoms with Gasteiger partial charge >= 0.3 is 0 Å². The molecule has 0 spiro atoms. The van der Waals surface area contributed by atoms with Gasteiger partial charge in [-0.25, -0.2) is 13.2 Å². The Bertz CT molecular complexity index is 433. The van der Waals surface area contributed by atoms with Crippen LogP contribution in [0.5, 0.6) is 5.75 Å². The summed E-state index contributed by atoms with van der Waals surface area (Å²) in [7, 11) is 1.42. The third-order valence-electron chi connectivity index (χ3n) is 3.17. The Morgan fingerprint density at radius 3 is 2.62 bits per heavy atom. The smallest absolute Gasteiger partial charge is 0.251 e. The normalized spacial score (nSPS) is 13.0. The van der Waals surface area contributed by atoms with Gasteiger partial charge in [0.05, 0.1) is 20.3 Å². The van der Waals surface area contributed by atoms with E-state index in [0.29, 0.717) is 5.75 Å². The molecule has 1 rings (SSSR count). The van der Waals surface area contributed by atoms with E-state index in [2.05, 4.69) is 0 Å². The highest BCUT2D eigenvalue weighted by atomic mass is 19.3. The lowest BCUT2D eigenvalue weighted by atomic mass is 10.0. The van der Waals surface area contributed by atoms with E-state index < -0.39 is 24.8 Å². The number of aliphatic hydroxyl groups is 1. The van der Waals surface area contributed by atoms with Gasteiger partial charge in [0.15, 0.2) is 0 Å². The number of hydrogen-bond acceptors (Lipinski definition) is 4. The molecule has 0 aliphatic heterocycles. The molecule has 1 atom stereocenters. The lowest BCUT2D eigenvalue weighted by Crippen LogP contribution is -2.34. The van der Waals surface area contributed by atoms with Crippen molar-refractivity contribution in [1.82, 2.24) is 4.90 Å². The maximum atomic E-state index is 13.8. The number of nitrogens with zero attached hydrogens (tertiary/aromatic N) is 1. The lowest BCUT2D eigenvalue weighted by Gasteiger charge is -2.23. The highest BCUT2D eigenvalue weighted by molar-refractivity contribution is 5.37. The topological polar surface area (TPSA) is 58.7 Å². The molecule has 4 nitrogen and oxygen atoms in total. The molecule has 1 aromatic carbocycles. The van der Waals surface area contributed by atoms with Gasteiger partial charge in [0.25, 0.3) is 6.43 Å². The number of aliphatic hydroxyl groups excluding tert-OH is 1. The van der Waals surface area contributed by atoms with Crippen LogP contribution < -0.4 is 10.5 Å². The predicted molar refractivity (Wildman–Crippen MR) is 74.0 cm³/mol. The van der Waals surface area contributed by atoms with E-state index in [1.165, 1.54) is 24.1 Å². The van der Waals surface area contributed by atoms with Crippen molar-refractivity contribution in [2.45, 2.75) is 18.9 Å². The monoisotopic (exact) mass is 306 g/mol. The van der Waals surface area contributed by atoms with Gasteiger partial charge in [-0.05, 0) is 18.6 Å². The fraction of sp³-hybridized carbons (Fsp3) is 0.571. The molecule has 1 unspecified atom stereocenters. The van der Waals surface area contributed by atoms with E-state index in [1.807, 2.05) is 0 Å². The van der Waals surface area contributed by atoms with Crippen molar-refractivity contribution >= 4 is 0 Å². The summed E-state index contributed by atoms with van der Waals surface area (Å²) in [6.45, 7) is -0.290. The van der Waals surface area contributed by atoms with Gasteiger partial charge in [-0.15, -0.1) is 0 Å². The van der Waals surface area contributed by atoms with Crippen LogP contribution in [-0.4, -0.2) is 49.8 Å². The molecule has 0 fully saturated rings. The van der Waals surface area contributed by atoms with E-state index >= 15 is 0 Å². The molecule has 0 amide bonds. The number of halogens is 3. The van der Waals surface area contributed by atoms with Gasteiger partial charge in [0.2, 0.25) is 0 Å². The fourth-order valence-electron chi connectivity index (χ4n) is 2.15. The Hall–Kier alpha value is -1.31. The molecule has 3 N–H and O–H groups in total. The first-order valence-corrected chi connectivity index (χ1v) is 6.69. The molecule has 0 bridgehead atoms. The van der Waals surface area contributed by atoms with Crippen molar-refractivity contribution in [2.75, 3.05) is 33.4 Å². The average Bonchev–Trinajstić information content (AvgIpc) is 2.43. The van der Waals surface area contributed by atoms with Gasteiger partial charge < -0.3 is 15.6 Å². The third kappa shape index (κ3) is 5.53. The zero-order valence-corrected chi connectivity index (χ0v) is 11.9. The molecule has 1 aromatic rings. The largest absolute Gasteiger partial charge is 0.496 e. The molecule has 0 saturated heterocycles. The minimum Gasteiger partial charge on any atom is -0.496 e. The highest BCUT2D eigenvalue weighted by Gasteiger charge is 2.19. The van der Waals surface area contributed by atoms with E-state index in [9.17, 15) is 13.2 Å². The second-order valence-corrected chi connectivity index (χ2v) is 4.67. The molecular weight excluding hydrogens is 285 g/mol. The number of nitrogens with two attached hydrogens (primary N) is 1. The summed E-state index contributed by atoms with van der Waals surface area (Å²) in [5.74, 6) is -0.144. The minimum atomic E-state index is -2.49. The third-order valence-corrected chi connectivity index (χ3v) is 3.17. The molecule has 0 aromatic heterocycles. The summed E-state index contributed by atoms with van der Waals surface area (Å²) in [6.07, 6.45) is -2.21. The maximum Gasteiger partial charge on any atom is 0.251 e. The van der Waals surface area contributed by atoms with Crippen LogP contribution >= 0.6 is 0 Å². The maximum absolute atomic E-state index is 13.8. The zero-order valence-electron chi connectivity index (χ0n) is 11.9. The van der Waals surface area contributed by atoms with Crippen LogP contribution in [0.3, 0.4) is 0 Å². The highest BCUT2D eigenvalue weighted by Crippen LogP contribution is 2.28. The summed E-state index contributed by atoms with van der Waals surface area (Å²) < 4.78 is 43.7. The minimum absolute atomic E-state index is 0.130. The summed E-state index contributed by atoms with van der Waals surface area (Å²) in [4.78, 5) is 1.40. The standard InChI is InChI=1S/C14H21F3N2O2/c1-21-12-4-2-3-10(15)14(12)11(18)5-6-19(7-8-20)9-13(16)17/h2-4,11,13,20H,5-9,18H2,1H3. The Kier molecular flexibility index (Phi) is 7.49. The Morgan fingerprint density at radius 2 is 2.05 bits per heavy atom. The molecule has 0 aliphatic rings. The van der Waals surface area contributed by atoms with Gasteiger partial charge in [0.1, 0.15) is 11.6 Å². The van der Waals surface area contributed by atoms with Crippen LogP contribution in [0, 0.1) is 5.82 Å². The number of methoxy groups -OCH3 is 1. The molecule has 0 heterocycles. The fourth-order valence-corrected chi connectivity index (χ4v) is 2.15. The van der Waals surface area contributed by atoms with Crippen molar-refractivity contribution in [1.29, 1.82) is 0 Å². The summed E-state index contributed by atoms with van der Waals surface area (Å²) in [5, 5.41) is 8.86. The van der Waals surface area contributed by atoms with Gasteiger partial charge in [-0.3, -0.25) is 4.90 Å². The van der Waals surface area contributed by atoms with Crippen molar-refractivity contribution < 1.29 is 23.0 Å². The summed E-state index contributed by atoms with van der Waals surface area (Å²) in [5.41, 5.74) is 6.19. The molecular formula is C14H21F3N2O2. The number of ether oxygens (including phenoxy) is 1. The molecule has 0 saturated carbocycles. The van der Waals surface area contributed by atoms with Crippen molar-refractivity contribution in [3.63, 3.8) is 0 Å². The molecule has 21 heavy (non-hydrogen) atoms. The van der Waals surface area contributed by atoms with Gasteiger partial charge in [0, 0.05) is 24.7 Å². The first-order valence-electron chi connectivity index (χ1n) is 6.69. The number of benzene rings is 1. The van der Waals surface area contributed by atoms with Crippen LogP contribution in [-0.2, 0) is 0 Å². The Morgan fingerprint density at radius 1 is 1.33 bits per heavy atom. The van der Waals surface area contributed by atoms with Crippen LogP contribution in [0.1, 0.15) is 18.0 Å². The van der Waals surface area contributed by atoms with Crippen LogP contribution in [0.4, 0.5) is 13.2 Å². The SMILES string of the molecule is COc1cccc(F)c1C(N)CCN(CCO)CC(F)F. The lowest BCUT2D eigenvalue weighted by molar-refractivity contribution is 0.0767. The molecule has 7 heteroatoms. The van der Waals surface area contributed by atoms with Crippen molar-refractivity contribution in [3.05, 3.63) is 29.6 Å². The van der Waals surface area contributed by atoms with E-state index in [0.717, 1.165) is 0 Å². The number of alkyl halides is 2. The zero-order chi connectivity index (χ0) is 15.8. The summed E-state index contributed by atoms with van der Waals surface area (Å²) >= 11 is 0. The van der Waals surface area contributed by atoms with E-state index in [1.54, 1.807) is 6.07 Å². The Balaban J connectivity index is 2.69. The first kappa shape index (κ1) is 17.7. The first-order chi connectivity index (χ1) is 9.99. The second-order valence-electron chi connectivity index (χ2n) is 4.67. The van der Waals surface area contributed by atoms with Crippen molar-refractivity contribution in [3.8, 4) is 5.75 Å². The van der Waals surface area contributed by atoms with Gasteiger partial charge in [-0.2, -0.15) is 0 Å². The molecule has 0 radical (unpaired) electrons. The van der Waals surface area contributed by atoms with Crippen LogP contribution in [0.15, 0.2) is 18.2 Å². The van der Waals surface area contributed by atoms with Crippen LogP contribution in [0.2, 0.25) is 0 Å². The Labute approximate surface area is 122 Å². The molecule has 0 aliphatic carbocycles. The van der Waals surface area contributed by atoms with Crippen LogP contribution in [0.25, 0.3) is 0 Å². The molecule has 120 valence electrons.